The molecule has 1 aromatic carbocycles. The molecular weight excluding hydrogens is 380 g/mol. The van der Waals surface area contributed by atoms with Crippen LogP contribution >= 0.6 is 0 Å². The first-order chi connectivity index (χ1) is 13.5. The number of H-pyrrole nitrogens is 1. The molecule has 29 heavy (non-hydrogen) atoms. The molecule has 2 heterocycles. The van der Waals surface area contributed by atoms with Gasteiger partial charge in [0.25, 0.3) is 5.56 Å². The van der Waals surface area contributed by atoms with E-state index < -0.39 is 29.4 Å². The lowest BCUT2D eigenvalue weighted by Gasteiger charge is -2.36. The number of benzene rings is 1. The summed E-state index contributed by atoms with van der Waals surface area (Å²) in [5.41, 5.74) is -0.867. The van der Waals surface area contributed by atoms with Gasteiger partial charge in [-0.25, -0.2) is 14.2 Å². The number of hydrogen-bond donors (Lipinski definition) is 2. The van der Waals surface area contributed by atoms with Crippen molar-refractivity contribution in [1.82, 2.24) is 14.5 Å². The molecule has 0 spiro atoms. The van der Waals surface area contributed by atoms with Crippen LogP contribution in [0.1, 0.15) is 20.8 Å². The number of carbonyl (C=O) groups excluding carboxylic acids is 1. The van der Waals surface area contributed by atoms with E-state index in [9.17, 15) is 19.2 Å². The van der Waals surface area contributed by atoms with Gasteiger partial charge in [-0.05, 0) is 39.0 Å². The maximum absolute atomic E-state index is 12.6. The van der Waals surface area contributed by atoms with Gasteiger partial charge in [0.1, 0.15) is 12.1 Å². The number of aromatic nitrogens is 2. The van der Waals surface area contributed by atoms with Gasteiger partial charge in [0.15, 0.2) is 0 Å². The molecule has 10 nitrogen and oxygen atoms in total. The monoisotopic (exact) mass is 404 g/mol. The normalized spacial score (nSPS) is 14.9. The lowest BCUT2D eigenvalue weighted by atomic mass is 10.2. The van der Waals surface area contributed by atoms with Crippen LogP contribution in [-0.4, -0.2) is 63.4 Å². The fourth-order valence-corrected chi connectivity index (χ4v) is 3.19. The summed E-state index contributed by atoms with van der Waals surface area (Å²) in [4.78, 5) is 53.9. The van der Waals surface area contributed by atoms with E-state index in [0.717, 1.165) is 5.69 Å². The topological polar surface area (TPSA) is 125 Å². The highest BCUT2D eigenvalue weighted by molar-refractivity contribution is 5.82. The van der Waals surface area contributed by atoms with Crippen LogP contribution in [0, 0.1) is 0 Å². The minimum atomic E-state index is -1.27. The molecule has 0 radical (unpaired) electrons. The fraction of sp³-hybridized carbons (Fsp3) is 0.474. The van der Waals surface area contributed by atoms with Crippen LogP contribution in [0.2, 0.25) is 0 Å². The van der Waals surface area contributed by atoms with E-state index in [1.165, 1.54) is 0 Å². The Morgan fingerprint density at radius 3 is 2.38 bits per heavy atom. The maximum Gasteiger partial charge on any atom is 0.410 e. The molecule has 1 aliphatic rings. The lowest BCUT2D eigenvalue weighted by Crippen LogP contribution is -2.50. The summed E-state index contributed by atoms with van der Waals surface area (Å²) < 4.78 is 6.05. The number of hydrogen-bond acceptors (Lipinski definition) is 6. The Kier molecular flexibility index (Phi) is 5.36. The average Bonchev–Trinajstić information content (AvgIpc) is 2.63. The van der Waals surface area contributed by atoms with Crippen molar-refractivity contribution >= 4 is 28.7 Å². The SMILES string of the molecule is CC(C)(C)OC(=O)N1CCN(c2ccc3[nH]c(=O)n(CC(=O)O)c(=O)c3c2)CC1. The minimum absolute atomic E-state index is 0.234. The van der Waals surface area contributed by atoms with Gasteiger partial charge in [-0.2, -0.15) is 0 Å². The van der Waals surface area contributed by atoms with Gasteiger partial charge in [0.2, 0.25) is 0 Å². The number of rotatable bonds is 3. The number of anilines is 1. The van der Waals surface area contributed by atoms with Crippen LogP contribution < -0.4 is 16.1 Å². The zero-order valence-electron chi connectivity index (χ0n) is 16.6. The third kappa shape index (κ3) is 4.58. The molecule has 156 valence electrons. The molecule has 10 heteroatoms. The van der Waals surface area contributed by atoms with E-state index in [-0.39, 0.29) is 11.5 Å². The van der Waals surface area contributed by atoms with Gasteiger partial charge < -0.3 is 24.6 Å². The molecule has 0 saturated carbocycles. The third-order valence-corrected chi connectivity index (χ3v) is 4.56. The second-order valence-corrected chi connectivity index (χ2v) is 7.90. The standard InChI is InChI=1S/C19H24N4O6/c1-19(2,3)29-18(28)22-8-6-21(7-9-22)12-4-5-14-13(10-12)16(26)23(11-15(24)25)17(27)20-14/h4-5,10H,6-9,11H2,1-3H3,(H,20,27)(H,24,25). The van der Waals surface area contributed by atoms with Gasteiger partial charge in [-0.15, -0.1) is 0 Å². The van der Waals surface area contributed by atoms with Crippen LogP contribution in [0.15, 0.2) is 27.8 Å². The number of ether oxygens (including phenoxy) is 1. The molecule has 1 fully saturated rings. The highest BCUT2D eigenvalue weighted by Crippen LogP contribution is 2.21. The van der Waals surface area contributed by atoms with Crippen molar-refractivity contribution in [3.05, 3.63) is 39.0 Å². The summed E-state index contributed by atoms with van der Waals surface area (Å²) in [7, 11) is 0. The first kappa shape index (κ1) is 20.4. The number of amides is 1. The Labute approximate surface area is 166 Å². The number of carboxylic acids is 1. The van der Waals surface area contributed by atoms with Crippen LogP contribution in [-0.2, 0) is 16.1 Å². The van der Waals surface area contributed by atoms with Gasteiger partial charge in [0.05, 0.1) is 10.9 Å². The largest absolute Gasteiger partial charge is 0.480 e. The molecule has 0 unspecified atom stereocenters. The second-order valence-electron chi connectivity index (χ2n) is 7.90. The predicted molar refractivity (Wildman–Crippen MR) is 106 cm³/mol. The van der Waals surface area contributed by atoms with Gasteiger partial charge >= 0.3 is 17.8 Å². The van der Waals surface area contributed by atoms with E-state index in [1.807, 2.05) is 25.7 Å². The number of fused-ring (bicyclic) bond motifs is 1. The Bertz CT molecular complexity index is 1060. The highest BCUT2D eigenvalue weighted by Gasteiger charge is 2.26. The Balaban J connectivity index is 1.81. The number of piperazine rings is 1. The first-order valence-electron chi connectivity index (χ1n) is 9.27. The van der Waals surface area contributed by atoms with E-state index in [4.69, 9.17) is 9.84 Å². The lowest BCUT2D eigenvalue weighted by molar-refractivity contribution is -0.137. The molecule has 1 saturated heterocycles. The quantitative estimate of drug-likeness (QED) is 0.776. The van der Waals surface area contributed by atoms with Crippen molar-refractivity contribution < 1.29 is 19.4 Å². The van der Waals surface area contributed by atoms with Crippen molar-refractivity contribution in [2.75, 3.05) is 31.1 Å². The van der Waals surface area contributed by atoms with Crippen LogP contribution in [0.5, 0.6) is 0 Å². The fourth-order valence-electron chi connectivity index (χ4n) is 3.19. The zero-order chi connectivity index (χ0) is 21.3. The minimum Gasteiger partial charge on any atom is -0.480 e. The van der Waals surface area contributed by atoms with Gasteiger partial charge in [-0.3, -0.25) is 9.59 Å². The summed E-state index contributed by atoms with van der Waals surface area (Å²) in [6, 6.07) is 5.04. The highest BCUT2D eigenvalue weighted by atomic mass is 16.6. The number of nitrogens with one attached hydrogen (secondary N) is 1. The van der Waals surface area contributed by atoms with Crippen molar-refractivity contribution in [2.24, 2.45) is 0 Å². The molecule has 0 atom stereocenters. The summed E-state index contributed by atoms with van der Waals surface area (Å²) in [5, 5.41) is 9.16. The molecule has 3 rings (SSSR count). The third-order valence-electron chi connectivity index (χ3n) is 4.56. The number of carbonyl (C=O) groups is 2. The molecule has 2 N–H and O–H groups in total. The second kappa shape index (κ2) is 7.61. The Morgan fingerprint density at radius 1 is 1.14 bits per heavy atom. The first-order valence-corrected chi connectivity index (χ1v) is 9.27. The summed E-state index contributed by atoms with van der Waals surface area (Å²) in [6.07, 6.45) is -0.357. The van der Waals surface area contributed by atoms with E-state index in [0.29, 0.717) is 36.3 Å². The molecule has 1 amide bonds. The van der Waals surface area contributed by atoms with E-state index in [2.05, 4.69) is 4.98 Å². The van der Waals surface area contributed by atoms with Gasteiger partial charge in [0, 0.05) is 31.9 Å². The van der Waals surface area contributed by atoms with E-state index >= 15 is 0 Å². The predicted octanol–water partition coefficient (Wildman–Crippen LogP) is 0.832. The Morgan fingerprint density at radius 2 is 1.79 bits per heavy atom. The zero-order valence-corrected chi connectivity index (χ0v) is 16.6. The van der Waals surface area contributed by atoms with Crippen molar-refractivity contribution in [3.8, 4) is 0 Å². The van der Waals surface area contributed by atoms with Crippen molar-refractivity contribution in [2.45, 2.75) is 32.9 Å². The average molecular weight is 404 g/mol. The summed E-state index contributed by atoms with van der Waals surface area (Å²) in [5.74, 6) is -1.27. The smallest absolute Gasteiger partial charge is 0.410 e. The number of nitrogens with zero attached hydrogens (tertiary/aromatic N) is 3. The van der Waals surface area contributed by atoms with Crippen LogP contribution in [0.4, 0.5) is 10.5 Å². The number of carboxylic acid groups (broad SMARTS) is 1. The van der Waals surface area contributed by atoms with Gasteiger partial charge in [-0.1, -0.05) is 0 Å². The Hall–Kier alpha value is -3.30. The summed E-state index contributed by atoms with van der Waals surface area (Å²) in [6.45, 7) is 6.80. The van der Waals surface area contributed by atoms with Crippen molar-refractivity contribution in [1.29, 1.82) is 0 Å². The van der Waals surface area contributed by atoms with Crippen LogP contribution in [0.25, 0.3) is 10.9 Å². The summed E-state index contributed by atoms with van der Waals surface area (Å²) >= 11 is 0. The maximum atomic E-state index is 12.6. The van der Waals surface area contributed by atoms with E-state index in [1.54, 1.807) is 23.1 Å². The molecule has 2 aromatic rings. The van der Waals surface area contributed by atoms with Crippen molar-refractivity contribution in [3.63, 3.8) is 0 Å². The molecule has 1 aromatic heterocycles. The molecule has 0 bridgehead atoms. The molecular formula is C19H24N4O6. The molecule has 0 aliphatic carbocycles. The van der Waals surface area contributed by atoms with Crippen LogP contribution in [0.3, 0.4) is 0 Å². The number of aliphatic carboxylic acids is 1. The number of aromatic amines is 1. The molecule has 1 aliphatic heterocycles.